The van der Waals surface area contributed by atoms with Gasteiger partial charge in [0, 0.05) is 22.4 Å². The van der Waals surface area contributed by atoms with Crippen molar-refractivity contribution in [1.29, 1.82) is 0 Å². The second-order valence-electron chi connectivity index (χ2n) is 3.60. The van der Waals surface area contributed by atoms with Crippen LogP contribution >= 0.6 is 23.2 Å². The van der Waals surface area contributed by atoms with Gasteiger partial charge in [-0.2, -0.15) is 0 Å². The highest BCUT2D eigenvalue weighted by Crippen LogP contribution is 2.28. The Balaban J connectivity index is 2.25. The van der Waals surface area contributed by atoms with Gasteiger partial charge in [-0.3, -0.25) is 5.84 Å². The van der Waals surface area contributed by atoms with Crippen LogP contribution in [0.1, 0.15) is 17.4 Å². The van der Waals surface area contributed by atoms with Gasteiger partial charge in [-0.25, -0.2) is 10.4 Å². The molecule has 0 saturated carbocycles. The van der Waals surface area contributed by atoms with Crippen molar-refractivity contribution < 1.29 is 0 Å². The second-order valence-corrected chi connectivity index (χ2v) is 4.41. The predicted molar refractivity (Wildman–Crippen MR) is 68.8 cm³/mol. The monoisotopic (exact) mass is 270 g/mol. The fourth-order valence-electron chi connectivity index (χ4n) is 1.63. The predicted octanol–water partition coefficient (Wildman–Crippen LogP) is 2.46. The molecule has 1 aromatic heterocycles. The average molecular weight is 271 g/mol. The van der Waals surface area contributed by atoms with Crippen molar-refractivity contribution >= 4 is 23.2 Å². The molecule has 4 N–H and O–H groups in total. The number of H-pyrrole nitrogens is 1. The van der Waals surface area contributed by atoms with E-state index in [1.54, 1.807) is 24.5 Å². The summed E-state index contributed by atoms with van der Waals surface area (Å²) < 4.78 is 0. The number of nitrogens with two attached hydrogens (primary N) is 1. The number of nitrogens with one attached hydrogen (secondary N) is 2. The lowest BCUT2D eigenvalue weighted by Gasteiger charge is -2.15. The molecule has 90 valence electrons. The van der Waals surface area contributed by atoms with Gasteiger partial charge in [-0.05, 0) is 24.1 Å². The maximum absolute atomic E-state index is 6.11. The van der Waals surface area contributed by atoms with Crippen LogP contribution in [0.3, 0.4) is 0 Å². The highest BCUT2D eigenvalue weighted by Gasteiger charge is 2.16. The van der Waals surface area contributed by atoms with Crippen LogP contribution in [0.5, 0.6) is 0 Å². The summed E-state index contributed by atoms with van der Waals surface area (Å²) in [5.74, 6) is 6.27. The Morgan fingerprint density at radius 2 is 2.06 bits per heavy atom. The van der Waals surface area contributed by atoms with Gasteiger partial charge in [-0.15, -0.1) is 0 Å². The molecule has 0 radical (unpaired) electrons. The first-order valence-corrected chi connectivity index (χ1v) is 5.86. The molecule has 6 heteroatoms. The van der Waals surface area contributed by atoms with Crippen LogP contribution < -0.4 is 11.3 Å². The van der Waals surface area contributed by atoms with Crippen LogP contribution in [-0.4, -0.2) is 9.97 Å². The number of aromatic amines is 1. The van der Waals surface area contributed by atoms with Crippen LogP contribution in [0, 0.1) is 0 Å². The van der Waals surface area contributed by atoms with Crippen molar-refractivity contribution in [2.75, 3.05) is 0 Å². The van der Waals surface area contributed by atoms with Crippen molar-refractivity contribution in [3.63, 3.8) is 0 Å². The summed E-state index contributed by atoms with van der Waals surface area (Å²) in [4.78, 5) is 7.17. The summed E-state index contributed by atoms with van der Waals surface area (Å²) in [6, 6.07) is 5.27. The number of benzene rings is 1. The number of imidazole rings is 1. The van der Waals surface area contributed by atoms with E-state index in [1.165, 1.54) is 0 Å². The Bertz CT molecular complexity index is 464. The Morgan fingerprint density at radius 3 is 2.59 bits per heavy atom. The first-order chi connectivity index (χ1) is 8.22. The van der Waals surface area contributed by atoms with Crippen molar-refractivity contribution in [2.24, 2.45) is 5.84 Å². The lowest BCUT2D eigenvalue weighted by Crippen LogP contribution is -2.30. The van der Waals surface area contributed by atoms with Gasteiger partial charge < -0.3 is 4.98 Å². The summed E-state index contributed by atoms with van der Waals surface area (Å²) in [5, 5.41) is 1.26. The average Bonchev–Trinajstić information content (AvgIpc) is 2.82. The van der Waals surface area contributed by atoms with E-state index in [-0.39, 0.29) is 6.04 Å². The Hall–Kier alpha value is -1.07. The summed E-state index contributed by atoms with van der Waals surface area (Å²) in [6.07, 6.45) is 3.99. The molecule has 0 bridgehead atoms. The molecule has 0 fully saturated rings. The molecule has 1 unspecified atom stereocenters. The molecule has 1 atom stereocenters. The maximum atomic E-state index is 6.11. The molecule has 0 aliphatic carbocycles. The van der Waals surface area contributed by atoms with E-state index in [9.17, 15) is 0 Å². The van der Waals surface area contributed by atoms with Gasteiger partial charge in [0.2, 0.25) is 0 Å². The molecule has 2 aromatic rings. The van der Waals surface area contributed by atoms with E-state index in [1.807, 2.05) is 6.07 Å². The Labute approximate surface area is 109 Å². The lowest BCUT2D eigenvalue weighted by atomic mass is 10.1. The van der Waals surface area contributed by atoms with Crippen LogP contribution in [0.2, 0.25) is 10.0 Å². The standard InChI is InChI=1S/C11H12Cl2N4/c12-8-2-1-3-9(13)7(8)6-10(17-14)11-15-4-5-16-11/h1-5,10,17H,6,14H2,(H,15,16). The minimum absolute atomic E-state index is 0.151. The van der Waals surface area contributed by atoms with E-state index in [0.29, 0.717) is 16.5 Å². The normalized spacial score (nSPS) is 12.6. The summed E-state index contributed by atoms with van der Waals surface area (Å²) >= 11 is 12.2. The van der Waals surface area contributed by atoms with Gasteiger partial charge in [0.1, 0.15) is 5.82 Å². The number of hydrogen-bond acceptors (Lipinski definition) is 3. The molecular weight excluding hydrogens is 259 g/mol. The van der Waals surface area contributed by atoms with E-state index in [4.69, 9.17) is 29.0 Å². The van der Waals surface area contributed by atoms with E-state index < -0.39 is 0 Å². The van der Waals surface area contributed by atoms with Gasteiger partial charge in [-0.1, -0.05) is 29.3 Å². The van der Waals surface area contributed by atoms with Gasteiger partial charge in [0.25, 0.3) is 0 Å². The number of nitrogens with zero attached hydrogens (tertiary/aromatic N) is 1. The third kappa shape index (κ3) is 2.79. The number of hydrogen-bond donors (Lipinski definition) is 3. The molecule has 0 amide bonds. The molecule has 2 rings (SSSR count). The van der Waals surface area contributed by atoms with Crippen LogP contribution in [0.25, 0.3) is 0 Å². The topological polar surface area (TPSA) is 66.7 Å². The van der Waals surface area contributed by atoms with Gasteiger partial charge in [0.15, 0.2) is 0 Å². The van der Waals surface area contributed by atoms with Crippen LogP contribution in [0.4, 0.5) is 0 Å². The Morgan fingerprint density at radius 1 is 1.35 bits per heavy atom. The molecule has 4 nitrogen and oxygen atoms in total. The molecular formula is C11H12Cl2N4. The van der Waals surface area contributed by atoms with E-state index >= 15 is 0 Å². The van der Waals surface area contributed by atoms with E-state index in [2.05, 4.69) is 15.4 Å². The third-order valence-electron chi connectivity index (χ3n) is 2.52. The highest BCUT2D eigenvalue weighted by atomic mass is 35.5. The minimum atomic E-state index is -0.151. The van der Waals surface area contributed by atoms with Gasteiger partial charge >= 0.3 is 0 Å². The summed E-state index contributed by atoms with van der Waals surface area (Å²) in [7, 11) is 0. The molecule has 1 aromatic carbocycles. The smallest absolute Gasteiger partial charge is 0.124 e. The number of rotatable bonds is 4. The maximum Gasteiger partial charge on any atom is 0.124 e. The molecule has 1 heterocycles. The number of aromatic nitrogens is 2. The van der Waals surface area contributed by atoms with Crippen LogP contribution in [-0.2, 0) is 6.42 Å². The molecule has 17 heavy (non-hydrogen) atoms. The molecule has 0 aliphatic rings. The van der Waals surface area contributed by atoms with Crippen molar-refractivity contribution in [2.45, 2.75) is 12.5 Å². The van der Waals surface area contributed by atoms with Gasteiger partial charge in [0.05, 0.1) is 6.04 Å². The number of halogens is 2. The quantitative estimate of drug-likeness (QED) is 0.591. The lowest BCUT2D eigenvalue weighted by molar-refractivity contribution is 0.527. The fourth-order valence-corrected chi connectivity index (χ4v) is 2.19. The van der Waals surface area contributed by atoms with E-state index in [0.717, 1.165) is 11.4 Å². The molecule has 0 saturated heterocycles. The van der Waals surface area contributed by atoms with Crippen molar-refractivity contribution in [3.8, 4) is 0 Å². The SMILES string of the molecule is NNC(Cc1c(Cl)cccc1Cl)c1ncc[nH]1. The molecule has 0 aliphatic heterocycles. The highest BCUT2D eigenvalue weighted by molar-refractivity contribution is 6.35. The molecule has 0 spiro atoms. The zero-order valence-electron chi connectivity index (χ0n) is 8.95. The largest absolute Gasteiger partial charge is 0.347 e. The minimum Gasteiger partial charge on any atom is -0.347 e. The second kappa shape index (κ2) is 5.51. The first-order valence-electron chi connectivity index (χ1n) is 5.10. The fraction of sp³-hybridized carbons (Fsp3) is 0.182. The number of hydrazine groups is 1. The van der Waals surface area contributed by atoms with Crippen molar-refractivity contribution in [1.82, 2.24) is 15.4 Å². The zero-order valence-corrected chi connectivity index (χ0v) is 10.5. The third-order valence-corrected chi connectivity index (χ3v) is 3.23. The Kier molecular flexibility index (Phi) is 4.02. The first kappa shape index (κ1) is 12.4. The summed E-state index contributed by atoms with van der Waals surface area (Å²) in [6.45, 7) is 0. The van der Waals surface area contributed by atoms with Crippen LogP contribution in [0.15, 0.2) is 30.6 Å². The van der Waals surface area contributed by atoms with Crippen molar-refractivity contribution in [3.05, 3.63) is 52.0 Å². The summed E-state index contributed by atoms with van der Waals surface area (Å²) in [5.41, 5.74) is 3.55. The zero-order chi connectivity index (χ0) is 12.3.